The van der Waals surface area contributed by atoms with E-state index in [0.717, 1.165) is 0 Å². The van der Waals surface area contributed by atoms with Crippen LogP contribution in [0.2, 0.25) is 0 Å². The highest BCUT2D eigenvalue weighted by atomic mass is 16.3. The number of hydrogen-bond acceptors (Lipinski definition) is 4. The van der Waals surface area contributed by atoms with Crippen LogP contribution in [0.25, 0.3) is 0 Å². The Morgan fingerprint density at radius 3 is 2.35 bits per heavy atom. The fourth-order valence-corrected chi connectivity index (χ4v) is 2.62. The minimum atomic E-state index is -0.931. The predicted octanol–water partition coefficient (Wildman–Crippen LogP) is -0.326. The number of likely N-dealkylation sites (N-methyl/N-ethyl adjacent to an activating group) is 1. The number of piperidine rings is 1. The van der Waals surface area contributed by atoms with Crippen molar-refractivity contribution in [2.75, 3.05) is 40.3 Å². The van der Waals surface area contributed by atoms with E-state index in [9.17, 15) is 14.7 Å². The second-order valence-electron chi connectivity index (χ2n) is 6.23. The lowest BCUT2D eigenvalue weighted by atomic mass is 9.95. The minimum absolute atomic E-state index is 0.0211. The summed E-state index contributed by atoms with van der Waals surface area (Å²) in [6.45, 7) is 5.29. The average Bonchev–Trinajstić information content (AvgIpc) is 2.34. The molecule has 1 aliphatic heterocycles. The van der Waals surface area contributed by atoms with Crippen LogP contribution in [0.15, 0.2) is 0 Å². The van der Waals surface area contributed by atoms with E-state index in [1.165, 1.54) is 0 Å². The third-order valence-corrected chi connectivity index (χ3v) is 3.61. The Hall–Kier alpha value is -1.14. The maximum atomic E-state index is 12.1. The molecule has 2 N–H and O–H groups in total. The zero-order chi connectivity index (χ0) is 15.3. The molecule has 6 heteroatoms. The van der Waals surface area contributed by atoms with Gasteiger partial charge in [-0.2, -0.15) is 0 Å². The predicted molar refractivity (Wildman–Crippen MR) is 77.2 cm³/mol. The van der Waals surface area contributed by atoms with Crippen molar-refractivity contribution in [2.45, 2.75) is 32.3 Å². The summed E-state index contributed by atoms with van der Waals surface area (Å²) in [6.07, 6.45) is 1.39. The van der Waals surface area contributed by atoms with E-state index in [4.69, 9.17) is 0 Å². The topological polar surface area (TPSA) is 72.9 Å². The average molecular weight is 285 g/mol. The van der Waals surface area contributed by atoms with Crippen molar-refractivity contribution in [3.05, 3.63) is 0 Å². The second kappa shape index (κ2) is 7.04. The molecule has 1 unspecified atom stereocenters. The lowest BCUT2D eigenvalue weighted by Crippen LogP contribution is -2.49. The fraction of sp³-hybridized carbons (Fsp3) is 0.857. The lowest BCUT2D eigenvalue weighted by Gasteiger charge is -2.32. The van der Waals surface area contributed by atoms with E-state index < -0.39 is 5.60 Å². The van der Waals surface area contributed by atoms with E-state index in [1.54, 1.807) is 18.7 Å². The van der Waals surface area contributed by atoms with Gasteiger partial charge in [-0.3, -0.25) is 9.59 Å². The molecule has 0 aromatic heterocycles. The van der Waals surface area contributed by atoms with Gasteiger partial charge < -0.3 is 20.2 Å². The Kier molecular flexibility index (Phi) is 5.95. The molecule has 116 valence electrons. The van der Waals surface area contributed by atoms with Crippen LogP contribution in [-0.4, -0.2) is 72.6 Å². The van der Waals surface area contributed by atoms with Crippen LogP contribution < -0.4 is 5.32 Å². The minimum Gasteiger partial charge on any atom is -0.387 e. The van der Waals surface area contributed by atoms with Crippen LogP contribution in [0.4, 0.5) is 0 Å². The first kappa shape index (κ1) is 16.9. The van der Waals surface area contributed by atoms with Gasteiger partial charge in [-0.05, 0) is 33.9 Å². The van der Waals surface area contributed by atoms with E-state index in [-0.39, 0.29) is 24.3 Å². The first-order valence-electron chi connectivity index (χ1n) is 7.11. The van der Waals surface area contributed by atoms with Crippen LogP contribution in [-0.2, 0) is 9.59 Å². The molecule has 0 aromatic carbocycles. The molecule has 20 heavy (non-hydrogen) atoms. The number of hydrogen-bond donors (Lipinski definition) is 2. The van der Waals surface area contributed by atoms with Crippen LogP contribution in [0.5, 0.6) is 0 Å². The largest absolute Gasteiger partial charge is 0.387 e. The monoisotopic (exact) mass is 285 g/mol. The van der Waals surface area contributed by atoms with Gasteiger partial charge in [0.1, 0.15) is 0 Å². The number of rotatable bonds is 5. The Morgan fingerprint density at radius 2 is 1.90 bits per heavy atom. The molecule has 1 aliphatic rings. The van der Waals surface area contributed by atoms with Gasteiger partial charge in [0.15, 0.2) is 0 Å². The molecule has 0 bridgehead atoms. The second-order valence-corrected chi connectivity index (χ2v) is 6.23. The molecule has 1 saturated heterocycles. The summed E-state index contributed by atoms with van der Waals surface area (Å²) in [5.74, 6) is -0.00855. The number of aliphatic hydroxyl groups is 1. The van der Waals surface area contributed by atoms with Gasteiger partial charge in [0, 0.05) is 39.0 Å². The zero-order valence-corrected chi connectivity index (χ0v) is 13.0. The fourth-order valence-electron chi connectivity index (χ4n) is 2.62. The van der Waals surface area contributed by atoms with Crippen molar-refractivity contribution in [2.24, 2.45) is 5.92 Å². The van der Waals surface area contributed by atoms with Crippen molar-refractivity contribution >= 4 is 11.8 Å². The summed E-state index contributed by atoms with van der Waals surface area (Å²) in [6, 6.07) is 0. The Balaban J connectivity index is 2.35. The Bertz CT molecular complexity index is 348. The first-order chi connectivity index (χ1) is 9.21. The Morgan fingerprint density at radius 1 is 1.35 bits per heavy atom. The number of carbonyl (C=O) groups is 2. The van der Waals surface area contributed by atoms with Gasteiger partial charge in [-0.1, -0.05) is 0 Å². The van der Waals surface area contributed by atoms with Crippen LogP contribution in [0, 0.1) is 5.92 Å². The molecule has 0 radical (unpaired) electrons. The summed E-state index contributed by atoms with van der Waals surface area (Å²) in [5, 5.41) is 13.0. The SMILES string of the molecule is CC(=O)N1CCC(C(=O)NCC(C)(O)CN(C)C)CC1. The molecule has 1 heterocycles. The molecule has 1 rings (SSSR count). The number of nitrogens with one attached hydrogen (secondary N) is 1. The summed E-state index contributed by atoms with van der Waals surface area (Å²) >= 11 is 0. The van der Waals surface area contributed by atoms with Gasteiger partial charge in [0.05, 0.1) is 5.60 Å². The van der Waals surface area contributed by atoms with Crippen molar-refractivity contribution in [3.8, 4) is 0 Å². The maximum Gasteiger partial charge on any atom is 0.223 e. The van der Waals surface area contributed by atoms with Crippen molar-refractivity contribution in [1.82, 2.24) is 15.1 Å². The number of carbonyl (C=O) groups excluding carboxylic acids is 2. The van der Waals surface area contributed by atoms with Crippen molar-refractivity contribution in [3.63, 3.8) is 0 Å². The molecule has 6 nitrogen and oxygen atoms in total. The smallest absolute Gasteiger partial charge is 0.223 e. The van der Waals surface area contributed by atoms with E-state index in [2.05, 4.69) is 5.32 Å². The molecule has 0 aliphatic carbocycles. The molecule has 1 fully saturated rings. The third kappa shape index (κ3) is 5.46. The summed E-state index contributed by atoms with van der Waals surface area (Å²) in [5.41, 5.74) is -0.931. The molecule has 0 spiro atoms. The van der Waals surface area contributed by atoms with Gasteiger partial charge in [0.2, 0.25) is 11.8 Å². The van der Waals surface area contributed by atoms with Crippen molar-refractivity contribution in [1.29, 1.82) is 0 Å². The summed E-state index contributed by atoms with van der Waals surface area (Å²) < 4.78 is 0. The van der Waals surface area contributed by atoms with Crippen LogP contribution >= 0.6 is 0 Å². The van der Waals surface area contributed by atoms with Gasteiger partial charge >= 0.3 is 0 Å². The van der Waals surface area contributed by atoms with Crippen LogP contribution in [0.1, 0.15) is 26.7 Å². The van der Waals surface area contributed by atoms with E-state index in [0.29, 0.717) is 32.5 Å². The third-order valence-electron chi connectivity index (χ3n) is 3.61. The normalized spacial score (nSPS) is 19.8. The highest BCUT2D eigenvalue weighted by molar-refractivity contribution is 5.79. The zero-order valence-electron chi connectivity index (χ0n) is 13.0. The van der Waals surface area contributed by atoms with Gasteiger partial charge in [0.25, 0.3) is 0 Å². The number of nitrogens with zero attached hydrogens (tertiary/aromatic N) is 2. The first-order valence-corrected chi connectivity index (χ1v) is 7.11. The lowest BCUT2D eigenvalue weighted by molar-refractivity contribution is -0.134. The number of amides is 2. The molecule has 1 atom stereocenters. The van der Waals surface area contributed by atoms with Crippen molar-refractivity contribution < 1.29 is 14.7 Å². The summed E-state index contributed by atoms with van der Waals surface area (Å²) in [4.78, 5) is 26.9. The molecular weight excluding hydrogens is 258 g/mol. The van der Waals surface area contributed by atoms with E-state index >= 15 is 0 Å². The highest BCUT2D eigenvalue weighted by Crippen LogP contribution is 2.17. The van der Waals surface area contributed by atoms with Gasteiger partial charge in [-0.25, -0.2) is 0 Å². The quantitative estimate of drug-likeness (QED) is 0.726. The van der Waals surface area contributed by atoms with Gasteiger partial charge in [-0.15, -0.1) is 0 Å². The number of likely N-dealkylation sites (tertiary alicyclic amines) is 1. The molecule has 2 amide bonds. The molecule has 0 saturated carbocycles. The Labute approximate surface area is 121 Å². The maximum absolute atomic E-state index is 12.1. The molecule has 0 aromatic rings. The molecular formula is C14H27N3O3. The van der Waals surface area contributed by atoms with E-state index in [1.807, 2.05) is 19.0 Å². The van der Waals surface area contributed by atoms with Crippen LogP contribution in [0.3, 0.4) is 0 Å². The summed E-state index contributed by atoms with van der Waals surface area (Å²) in [7, 11) is 3.77. The highest BCUT2D eigenvalue weighted by Gasteiger charge is 2.28. The standard InChI is InChI=1S/C14H27N3O3/c1-11(18)17-7-5-12(6-8-17)13(19)15-9-14(2,20)10-16(3)4/h12,20H,5-10H2,1-4H3,(H,15,19).